The maximum Gasteiger partial charge on any atom is 0.338 e. The molecule has 2 fully saturated rings. The minimum atomic E-state index is -1.29. The predicted molar refractivity (Wildman–Crippen MR) is 154 cm³/mol. The number of esters is 4. The number of hydrogen-bond acceptors (Lipinski definition) is 10. The third kappa shape index (κ3) is 6.11. The van der Waals surface area contributed by atoms with Crippen molar-refractivity contribution in [1.82, 2.24) is 0 Å². The lowest BCUT2D eigenvalue weighted by Crippen LogP contribution is -2.64. The summed E-state index contributed by atoms with van der Waals surface area (Å²) in [7, 11) is 0. The van der Waals surface area contributed by atoms with Crippen LogP contribution < -0.4 is 0 Å². The first-order valence-corrected chi connectivity index (χ1v) is 14.4. The highest BCUT2D eigenvalue weighted by atomic mass is 16.8. The van der Waals surface area contributed by atoms with Crippen LogP contribution in [-0.4, -0.2) is 53.8 Å². The second kappa shape index (κ2) is 12.4. The zero-order valence-corrected chi connectivity index (χ0v) is 25.5. The first-order valence-electron chi connectivity index (χ1n) is 14.4. The van der Waals surface area contributed by atoms with Crippen LogP contribution in [0.25, 0.3) is 0 Å². The van der Waals surface area contributed by atoms with Gasteiger partial charge in [-0.05, 0) is 73.8 Å². The van der Waals surface area contributed by atoms with Crippen LogP contribution in [0.15, 0.2) is 60.2 Å². The molecule has 1 spiro atoms. The van der Waals surface area contributed by atoms with Crippen LogP contribution in [-0.2, 0) is 38.1 Å². The van der Waals surface area contributed by atoms with Crippen molar-refractivity contribution in [2.45, 2.75) is 85.6 Å². The molecule has 4 rings (SSSR count). The SMILES string of the molecule is C=C/C(C)=C/C[C@@]1(C)[C@H]2C[C@@H](OC(C)=O)C=C3[C@H](OC(C)=O)O[C@@H](OC(C)=O)[C@]32[C@H](OC(=O)c2ccc(O)cc2)C[C@@H]1C. The van der Waals surface area contributed by atoms with Crippen molar-refractivity contribution in [3.05, 3.63) is 65.8 Å². The largest absolute Gasteiger partial charge is 0.508 e. The second-order valence-corrected chi connectivity index (χ2v) is 11.9. The van der Waals surface area contributed by atoms with E-state index in [1.54, 1.807) is 12.2 Å². The third-order valence-corrected chi connectivity index (χ3v) is 9.22. The summed E-state index contributed by atoms with van der Waals surface area (Å²) >= 11 is 0. The Balaban J connectivity index is 1.95. The van der Waals surface area contributed by atoms with Crippen LogP contribution in [0.3, 0.4) is 0 Å². The van der Waals surface area contributed by atoms with E-state index in [-0.39, 0.29) is 17.2 Å². The number of aromatic hydroxyl groups is 1. The van der Waals surface area contributed by atoms with Gasteiger partial charge in [0.15, 0.2) is 0 Å². The lowest BCUT2D eigenvalue weighted by Gasteiger charge is -2.60. The van der Waals surface area contributed by atoms with Crippen molar-refractivity contribution >= 4 is 23.9 Å². The molecule has 1 aromatic rings. The fraction of sp³-hybridized carbons (Fsp3) is 0.515. The third-order valence-electron chi connectivity index (χ3n) is 9.22. The maximum atomic E-state index is 13.6. The average molecular weight is 597 g/mol. The van der Waals surface area contributed by atoms with E-state index in [2.05, 4.69) is 26.5 Å². The number of phenols is 1. The highest BCUT2D eigenvalue weighted by Gasteiger charge is 2.72. The van der Waals surface area contributed by atoms with Crippen molar-refractivity contribution in [1.29, 1.82) is 0 Å². The van der Waals surface area contributed by atoms with Gasteiger partial charge in [0.1, 0.15) is 23.4 Å². The van der Waals surface area contributed by atoms with Gasteiger partial charge < -0.3 is 24.1 Å². The molecule has 10 heteroatoms. The quantitative estimate of drug-likeness (QED) is 0.186. The molecule has 0 radical (unpaired) electrons. The molecular formula is C33H40O10. The highest BCUT2D eigenvalue weighted by molar-refractivity contribution is 5.89. The van der Waals surface area contributed by atoms with Gasteiger partial charge in [-0.15, -0.1) is 0 Å². The highest BCUT2D eigenvalue weighted by Crippen LogP contribution is 2.68. The van der Waals surface area contributed by atoms with Gasteiger partial charge in [-0.25, -0.2) is 4.79 Å². The Labute approximate surface area is 251 Å². The van der Waals surface area contributed by atoms with E-state index in [4.69, 9.17) is 23.7 Å². The number of ether oxygens (including phenoxy) is 5. The Hall–Kier alpha value is -3.92. The van der Waals surface area contributed by atoms with E-state index in [0.29, 0.717) is 24.8 Å². The van der Waals surface area contributed by atoms with E-state index in [1.807, 2.05) is 6.92 Å². The van der Waals surface area contributed by atoms with Gasteiger partial charge >= 0.3 is 23.9 Å². The normalized spacial score (nSPS) is 33.3. The van der Waals surface area contributed by atoms with Gasteiger partial charge in [-0.3, -0.25) is 19.1 Å². The van der Waals surface area contributed by atoms with Gasteiger partial charge in [-0.2, -0.15) is 0 Å². The Kier molecular flexibility index (Phi) is 9.20. The Morgan fingerprint density at radius 1 is 0.977 bits per heavy atom. The molecule has 2 aliphatic carbocycles. The summed E-state index contributed by atoms with van der Waals surface area (Å²) in [6.45, 7) is 13.8. The molecule has 1 aliphatic heterocycles. The number of benzene rings is 1. The van der Waals surface area contributed by atoms with Gasteiger partial charge in [0, 0.05) is 26.3 Å². The van der Waals surface area contributed by atoms with Crippen LogP contribution in [0.5, 0.6) is 5.75 Å². The van der Waals surface area contributed by atoms with Gasteiger partial charge in [0.05, 0.1) is 5.56 Å². The van der Waals surface area contributed by atoms with Crippen LogP contribution in [0.4, 0.5) is 0 Å². The molecule has 0 amide bonds. The Bertz CT molecular complexity index is 1340. The first-order chi connectivity index (χ1) is 20.2. The molecule has 1 aromatic carbocycles. The molecule has 232 valence electrons. The van der Waals surface area contributed by atoms with Crippen molar-refractivity contribution < 1.29 is 48.0 Å². The summed E-state index contributed by atoms with van der Waals surface area (Å²) < 4.78 is 29.6. The van der Waals surface area contributed by atoms with Crippen molar-refractivity contribution in [3.63, 3.8) is 0 Å². The molecule has 10 nitrogen and oxygen atoms in total. The molecule has 0 aromatic heterocycles. The lowest BCUT2D eigenvalue weighted by molar-refractivity contribution is -0.253. The Morgan fingerprint density at radius 2 is 1.60 bits per heavy atom. The van der Waals surface area contributed by atoms with Crippen molar-refractivity contribution in [2.75, 3.05) is 0 Å². The van der Waals surface area contributed by atoms with Crippen LogP contribution in [0.1, 0.15) is 71.2 Å². The topological polar surface area (TPSA) is 135 Å². The molecule has 0 bridgehead atoms. The zero-order chi connectivity index (χ0) is 31.7. The van der Waals surface area contributed by atoms with E-state index >= 15 is 0 Å². The first kappa shape index (κ1) is 32.0. The number of phenolic OH excluding ortho intramolecular Hbond substituents is 1. The molecule has 3 aliphatic rings. The summed E-state index contributed by atoms with van der Waals surface area (Å²) in [6, 6.07) is 5.69. The maximum absolute atomic E-state index is 13.6. The number of hydrogen-bond donors (Lipinski definition) is 1. The zero-order valence-electron chi connectivity index (χ0n) is 25.5. The number of carbonyl (C=O) groups excluding carboxylic acids is 4. The van der Waals surface area contributed by atoms with E-state index in [9.17, 15) is 24.3 Å². The minimum absolute atomic E-state index is 0.00233. The fourth-order valence-corrected chi connectivity index (χ4v) is 6.99. The predicted octanol–water partition coefficient (Wildman–Crippen LogP) is 5.16. The van der Waals surface area contributed by atoms with Gasteiger partial charge in [-0.1, -0.05) is 38.2 Å². The van der Waals surface area contributed by atoms with Crippen LogP contribution in [0, 0.1) is 22.7 Å². The molecule has 0 unspecified atom stereocenters. The van der Waals surface area contributed by atoms with E-state index in [0.717, 1.165) is 5.57 Å². The standard InChI is InChI=1S/C33H40O10/c1-8-18(2)13-14-32(7)19(3)15-28(42-29(38)23-9-11-24(37)12-10-23)33-26(16-25(17-27(32)33)39-20(4)34)30(40-21(5)35)43-31(33)41-22(6)36/h8-13,16,19,25,27-28,30-31,37H,1,14-15,17H2,2-7H3/b18-13+/t19-,25-,27+,28+,30+,31+,32+,33+/m0/s1. The summed E-state index contributed by atoms with van der Waals surface area (Å²) in [6.07, 6.45) is 2.64. The number of allylic oxidation sites excluding steroid dienone is 3. The summed E-state index contributed by atoms with van der Waals surface area (Å²) in [4.78, 5) is 50.4. The fourth-order valence-electron chi connectivity index (χ4n) is 6.99. The van der Waals surface area contributed by atoms with Crippen LogP contribution >= 0.6 is 0 Å². The summed E-state index contributed by atoms with van der Waals surface area (Å²) in [5.41, 5.74) is -0.191. The van der Waals surface area contributed by atoms with E-state index in [1.165, 1.54) is 45.0 Å². The van der Waals surface area contributed by atoms with Crippen molar-refractivity contribution in [2.24, 2.45) is 22.7 Å². The molecular weight excluding hydrogens is 556 g/mol. The average Bonchev–Trinajstić information content (AvgIpc) is 3.21. The smallest absolute Gasteiger partial charge is 0.338 e. The number of carbonyl (C=O) groups is 4. The second-order valence-electron chi connectivity index (χ2n) is 11.9. The van der Waals surface area contributed by atoms with Crippen molar-refractivity contribution in [3.8, 4) is 5.75 Å². The van der Waals surface area contributed by atoms with Gasteiger partial charge in [0.2, 0.25) is 12.6 Å². The molecule has 1 heterocycles. The molecule has 1 N–H and O–H groups in total. The minimum Gasteiger partial charge on any atom is -0.508 e. The number of rotatable bonds is 8. The molecule has 43 heavy (non-hydrogen) atoms. The molecule has 1 saturated heterocycles. The Morgan fingerprint density at radius 3 is 2.19 bits per heavy atom. The summed E-state index contributed by atoms with van der Waals surface area (Å²) in [5, 5.41) is 9.73. The molecule has 8 atom stereocenters. The van der Waals surface area contributed by atoms with E-state index < -0.39 is 65.4 Å². The molecule has 1 saturated carbocycles. The van der Waals surface area contributed by atoms with Gasteiger partial charge in [0.25, 0.3) is 0 Å². The van der Waals surface area contributed by atoms with Crippen LogP contribution in [0.2, 0.25) is 0 Å². The monoisotopic (exact) mass is 596 g/mol. The summed E-state index contributed by atoms with van der Waals surface area (Å²) in [5.74, 6) is -2.88. The lowest BCUT2D eigenvalue weighted by atomic mass is 9.45.